The highest BCUT2D eigenvalue weighted by Gasteiger charge is 2.24. The number of guanidine groups is 1. The Kier molecular flexibility index (Phi) is 8.34. The number of fused-ring (bicyclic) bond motifs is 1. The van der Waals surface area contributed by atoms with Crippen molar-refractivity contribution in [3.63, 3.8) is 0 Å². The van der Waals surface area contributed by atoms with Gasteiger partial charge in [-0.3, -0.25) is 4.79 Å². The molecular weight excluding hydrogens is 392 g/mol. The van der Waals surface area contributed by atoms with E-state index in [0.29, 0.717) is 26.2 Å². The van der Waals surface area contributed by atoms with Crippen LogP contribution >= 0.6 is 0 Å². The maximum absolute atomic E-state index is 12.3. The van der Waals surface area contributed by atoms with Crippen LogP contribution in [0.5, 0.6) is 11.5 Å². The van der Waals surface area contributed by atoms with Gasteiger partial charge in [0, 0.05) is 25.2 Å². The number of aliphatic imine (C=N–C) groups is 1. The molecule has 1 aliphatic heterocycles. The lowest BCUT2D eigenvalue weighted by Crippen LogP contribution is -2.42. The van der Waals surface area contributed by atoms with E-state index in [1.165, 1.54) is 0 Å². The summed E-state index contributed by atoms with van der Waals surface area (Å²) in [5.41, 5.74) is 1.84. The van der Waals surface area contributed by atoms with Gasteiger partial charge in [-0.05, 0) is 31.5 Å². The normalized spacial score (nSPS) is 13.3. The summed E-state index contributed by atoms with van der Waals surface area (Å²) in [6.45, 7) is 8.83. The van der Waals surface area contributed by atoms with Crippen LogP contribution in [0, 0.1) is 0 Å². The quantitative estimate of drug-likeness (QED) is 0.266. The van der Waals surface area contributed by atoms with Crippen molar-refractivity contribution in [2.24, 2.45) is 4.99 Å². The number of hydrogen-bond donors (Lipinski definition) is 2. The molecule has 0 aliphatic carbocycles. The second-order valence-electron chi connectivity index (χ2n) is 6.98. The van der Waals surface area contributed by atoms with E-state index < -0.39 is 0 Å². The molecule has 0 spiro atoms. The summed E-state index contributed by atoms with van der Waals surface area (Å²) in [7, 11) is 0. The predicted octanol–water partition coefficient (Wildman–Crippen LogP) is 3.12. The summed E-state index contributed by atoms with van der Waals surface area (Å²) in [5, 5.41) is 6.60. The average molecular weight is 423 g/mol. The maximum Gasteiger partial charge on any atom is 0.265 e. The standard InChI is InChI=1S/C24H30N4O3/c1-3-16-30-21-12-7-5-10-19(21)17-27-24(25-4-2)26-14-9-15-28-20-11-6-8-13-22(20)31-18-23(28)29/h3,5-8,10-13H,1,4,9,14-18H2,2H3,(H2,25,26,27). The van der Waals surface area contributed by atoms with E-state index in [9.17, 15) is 4.79 Å². The lowest BCUT2D eigenvalue weighted by atomic mass is 10.2. The van der Waals surface area contributed by atoms with Gasteiger partial charge in [-0.2, -0.15) is 0 Å². The van der Waals surface area contributed by atoms with Gasteiger partial charge in [0.05, 0.1) is 12.2 Å². The number of nitrogens with one attached hydrogen (secondary N) is 2. The smallest absolute Gasteiger partial charge is 0.265 e. The van der Waals surface area contributed by atoms with Gasteiger partial charge in [0.25, 0.3) is 5.91 Å². The first kappa shape index (κ1) is 22.2. The zero-order valence-corrected chi connectivity index (χ0v) is 18.0. The van der Waals surface area contributed by atoms with Gasteiger partial charge in [-0.15, -0.1) is 0 Å². The summed E-state index contributed by atoms with van der Waals surface area (Å²) < 4.78 is 11.2. The lowest BCUT2D eigenvalue weighted by molar-refractivity contribution is -0.121. The van der Waals surface area contributed by atoms with Crippen molar-refractivity contribution in [3.8, 4) is 11.5 Å². The van der Waals surface area contributed by atoms with Gasteiger partial charge in [-0.1, -0.05) is 43.0 Å². The van der Waals surface area contributed by atoms with Crippen molar-refractivity contribution >= 4 is 17.6 Å². The lowest BCUT2D eigenvalue weighted by Gasteiger charge is -2.29. The average Bonchev–Trinajstić information content (AvgIpc) is 2.80. The zero-order valence-electron chi connectivity index (χ0n) is 18.0. The minimum Gasteiger partial charge on any atom is -0.489 e. The van der Waals surface area contributed by atoms with E-state index in [2.05, 4.69) is 22.2 Å². The van der Waals surface area contributed by atoms with E-state index in [-0.39, 0.29) is 12.5 Å². The minimum absolute atomic E-state index is 0.0181. The van der Waals surface area contributed by atoms with Crippen LogP contribution < -0.4 is 25.0 Å². The van der Waals surface area contributed by atoms with Crippen LogP contribution in [-0.4, -0.2) is 44.7 Å². The molecule has 0 radical (unpaired) electrons. The van der Waals surface area contributed by atoms with Crippen molar-refractivity contribution in [2.45, 2.75) is 19.9 Å². The number of nitrogens with zero attached hydrogens (tertiary/aromatic N) is 2. The molecule has 2 aromatic carbocycles. The van der Waals surface area contributed by atoms with Gasteiger partial charge >= 0.3 is 0 Å². The highest BCUT2D eigenvalue weighted by atomic mass is 16.5. The van der Waals surface area contributed by atoms with Gasteiger partial charge in [0.1, 0.15) is 18.1 Å². The van der Waals surface area contributed by atoms with Crippen LogP contribution in [0.3, 0.4) is 0 Å². The minimum atomic E-state index is -0.0181. The number of carbonyl (C=O) groups is 1. The molecule has 0 atom stereocenters. The Morgan fingerprint density at radius 1 is 1.23 bits per heavy atom. The fourth-order valence-corrected chi connectivity index (χ4v) is 3.27. The molecule has 0 unspecified atom stereocenters. The van der Waals surface area contributed by atoms with Gasteiger partial charge in [-0.25, -0.2) is 4.99 Å². The molecule has 164 valence electrons. The number of rotatable bonds is 10. The number of amides is 1. The Morgan fingerprint density at radius 2 is 2.03 bits per heavy atom. The van der Waals surface area contributed by atoms with Crippen LogP contribution in [0.4, 0.5) is 5.69 Å². The molecule has 0 fully saturated rings. The second-order valence-corrected chi connectivity index (χ2v) is 6.98. The summed E-state index contributed by atoms with van der Waals surface area (Å²) >= 11 is 0. The Labute approximate surface area is 183 Å². The highest BCUT2D eigenvalue weighted by molar-refractivity contribution is 5.97. The summed E-state index contributed by atoms with van der Waals surface area (Å²) in [6.07, 6.45) is 2.51. The molecule has 2 N–H and O–H groups in total. The van der Waals surface area contributed by atoms with Crippen molar-refractivity contribution in [2.75, 3.05) is 37.7 Å². The predicted molar refractivity (Wildman–Crippen MR) is 124 cm³/mol. The first-order valence-corrected chi connectivity index (χ1v) is 10.6. The van der Waals surface area contributed by atoms with Crippen molar-refractivity contribution in [3.05, 3.63) is 66.7 Å². The molecule has 3 rings (SSSR count). The van der Waals surface area contributed by atoms with E-state index in [0.717, 1.165) is 41.7 Å². The van der Waals surface area contributed by atoms with Crippen molar-refractivity contribution < 1.29 is 14.3 Å². The van der Waals surface area contributed by atoms with E-state index in [4.69, 9.17) is 9.47 Å². The molecule has 1 amide bonds. The number of para-hydroxylation sites is 3. The fraction of sp³-hybridized carbons (Fsp3) is 0.333. The number of carbonyl (C=O) groups excluding carboxylic acids is 1. The zero-order chi connectivity index (χ0) is 21.9. The van der Waals surface area contributed by atoms with E-state index in [1.54, 1.807) is 11.0 Å². The number of ether oxygens (including phenoxy) is 2. The molecule has 7 nitrogen and oxygen atoms in total. The number of hydrogen-bond acceptors (Lipinski definition) is 4. The van der Waals surface area contributed by atoms with Gasteiger partial charge in [0.15, 0.2) is 12.6 Å². The Balaban J connectivity index is 1.54. The second kappa shape index (κ2) is 11.6. The van der Waals surface area contributed by atoms with Gasteiger partial charge in [0.2, 0.25) is 0 Å². The molecule has 1 heterocycles. The third kappa shape index (κ3) is 6.25. The largest absolute Gasteiger partial charge is 0.489 e. The highest BCUT2D eigenvalue weighted by Crippen LogP contribution is 2.31. The molecule has 0 saturated heterocycles. The Bertz CT molecular complexity index is 913. The number of benzene rings is 2. The first-order valence-electron chi connectivity index (χ1n) is 10.6. The molecule has 0 bridgehead atoms. The molecule has 1 aliphatic rings. The first-order chi connectivity index (χ1) is 15.2. The Hall–Kier alpha value is -3.48. The van der Waals surface area contributed by atoms with Crippen LogP contribution in [0.15, 0.2) is 66.2 Å². The van der Waals surface area contributed by atoms with Crippen LogP contribution in [0.25, 0.3) is 0 Å². The van der Waals surface area contributed by atoms with E-state index in [1.807, 2.05) is 55.5 Å². The fourth-order valence-electron chi connectivity index (χ4n) is 3.27. The molecule has 31 heavy (non-hydrogen) atoms. The topological polar surface area (TPSA) is 75.2 Å². The molecular formula is C24H30N4O3. The van der Waals surface area contributed by atoms with Crippen LogP contribution in [0.1, 0.15) is 18.9 Å². The molecule has 0 aromatic heterocycles. The third-order valence-corrected chi connectivity index (χ3v) is 4.74. The van der Waals surface area contributed by atoms with Crippen LogP contribution in [0.2, 0.25) is 0 Å². The monoisotopic (exact) mass is 422 g/mol. The molecule has 7 heteroatoms. The van der Waals surface area contributed by atoms with Crippen LogP contribution in [-0.2, 0) is 11.3 Å². The summed E-state index contributed by atoms with van der Waals surface area (Å²) in [6, 6.07) is 15.5. The summed E-state index contributed by atoms with van der Waals surface area (Å²) in [5.74, 6) is 2.28. The van der Waals surface area contributed by atoms with E-state index >= 15 is 0 Å². The SMILES string of the molecule is C=CCOc1ccccc1CN=C(NCC)NCCCN1C(=O)COc2ccccc21. The third-order valence-electron chi connectivity index (χ3n) is 4.74. The molecule has 2 aromatic rings. The maximum atomic E-state index is 12.3. The van der Waals surface area contributed by atoms with Gasteiger partial charge < -0.3 is 25.0 Å². The van der Waals surface area contributed by atoms with Crippen molar-refractivity contribution in [1.29, 1.82) is 0 Å². The van der Waals surface area contributed by atoms with Crippen molar-refractivity contribution in [1.82, 2.24) is 10.6 Å². The Morgan fingerprint density at radius 3 is 2.87 bits per heavy atom. The summed E-state index contributed by atoms with van der Waals surface area (Å²) in [4.78, 5) is 18.7. The number of anilines is 1. The molecule has 0 saturated carbocycles.